The van der Waals surface area contributed by atoms with Gasteiger partial charge in [-0.1, -0.05) is 13.8 Å². The second-order valence-electron chi connectivity index (χ2n) is 4.42. The Kier molecular flexibility index (Phi) is 6.72. The highest BCUT2D eigenvalue weighted by Gasteiger charge is 2.19. The zero-order valence-electron chi connectivity index (χ0n) is 10.6. The van der Waals surface area contributed by atoms with E-state index in [2.05, 4.69) is 5.32 Å². The molecule has 0 aliphatic heterocycles. The molecule has 0 radical (unpaired) electrons. The van der Waals surface area contributed by atoms with Crippen LogP contribution in [-0.4, -0.2) is 43.4 Å². The second kappa shape index (κ2) is 7.22. The van der Waals surface area contributed by atoms with Crippen molar-refractivity contribution >= 4 is 11.8 Å². The standard InChI is InChI=1S/C11H23N3O2/c1-8(2)7-9(12)11(16)14(4)6-5-10(15)13-3/h8-9H,5-7,12H2,1-4H3,(H,13,15)/t9-/m0/s1. The van der Waals surface area contributed by atoms with Gasteiger partial charge in [0.1, 0.15) is 0 Å². The van der Waals surface area contributed by atoms with Crippen LogP contribution >= 0.6 is 0 Å². The van der Waals surface area contributed by atoms with Crippen molar-refractivity contribution in [3.63, 3.8) is 0 Å². The second-order valence-corrected chi connectivity index (χ2v) is 4.42. The fraction of sp³-hybridized carbons (Fsp3) is 0.818. The van der Waals surface area contributed by atoms with Crippen LogP contribution in [0.25, 0.3) is 0 Å². The number of nitrogens with two attached hydrogens (primary N) is 1. The van der Waals surface area contributed by atoms with E-state index >= 15 is 0 Å². The van der Waals surface area contributed by atoms with Gasteiger partial charge in [-0.3, -0.25) is 9.59 Å². The summed E-state index contributed by atoms with van der Waals surface area (Å²) in [6, 6.07) is -0.463. The van der Waals surface area contributed by atoms with Gasteiger partial charge in [0.2, 0.25) is 11.8 Å². The van der Waals surface area contributed by atoms with Gasteiger partial charge in [-0.05, 0) is 12.3 Å². The number of carbonyl (C=O) groups is 2. The Labute approximate surface area is 97.4 Å². The minimum absolute atomic E-state index is 0.0721. The van der Waals surface area contributed by atoms with E-state index < -0.39 is 6.04 Å². The molecular weight excluding hydrogens is 206 g/mol. The molecule has 0 aliphatic carbocycles. The average Bonchev–Trinajstić information content (AvgIpc) is 2.23. The van der Waals surface area contributed by atoms with E-state index in [9.17, 15) is 9.59 Å². The Bertz CT molecular complexity index is 241. The number of nitrogens with zero attached hydrogens (tertiary/aromatic N) is 1. The van der Waals surface area contributed by atoms with Crippen molar-refractivity contribution < 1.29 is 9.59 Å². The van der Waals surface area contributed by atoms with Gasteiger partial charge in [0.05, 0.1) is 6.04 Å². The third-order valence-corrected chi connectivity index (χ3v) is 2.37. The molecule has 0 bridgehead atoms. The van der Waals surface area contributed by atoms with E-state index in [0.717, 1.165) is 0 Å². The molecule has 0 aromatic rings. The van der Waals surface area contributed by atoms with Crippen LogP contribution in [0.3, 0.4) is 0 Å². The van der Waals surface area contributed by atoms with Crippen LogP contribution in [0.4, 0.5) is 0 Å². The molecule has 0 rings (SSSR count). The van der Waals surface area contributed by atoms with Crippen LogP contribution in [0.2, 0.25) is 0 Å². The summed E-state index contributed by atoms with van der Waals surface area (Å²) in [5.74, 6) is 0.223. The first-order chi connectivity index (χ1) is 7.38. The van der Waals surface area contributed by atoms with Gasteiger partial charge in [-0.15, -0.1) is 0 Å². The fourth-order valence-electron chi connectivity index (χ4n) is 1.40. The van der Waals surface area contributed by atoms with E-state index in [-0.39, 0.29) is 11.8 Å². The molecule has 0 fully saturated rings. The zero-order chi connectivity index (χ0) is 12.7. The summed E-state index contributed by atoms with van der Waals surface area (Å²) in [5, 5.41) is 2.51. The predicted octanol–water partition coefficient (Wildman–Crippen LogP) is -0.0457. The molecule has 0 saturated carbocycles. The molecule has 5 heteroatoms. The van der Waals surface area contributed by atoms with Gasteiger partial charge >= 0.3 is 0 Å². The molecule has 0 spiro atoms. The van der Waals surface area contributed by atoms with Crippen LogP contribution < -0.4 is 11.1 Å². The summed E-state index contributed by atoms with van der Waals surface area (Å²) in [6.45, 7) is 4.46. The largest absolute Gasteiger partial charge is 0.359 e. The highest BCUT2D eigenvalue weighted by Crippen LogP contribution is 2.05. The Balaban J connectivity index is 4.02. The Hall–Kier alpha value is -1.10. The molecule has 0 aromatic carbocycles. The summed E-state index contributed by atoms with van der Waals surface area (Å²) in [5.41, 5.74) is 5.77. The molecule has 0 heterocycles. The Morgan fingerprint density at radius 1 is 1.38 bits per heavy atom. The number of nitrogens with one attached hydrogen (secondary N) is 1. The lowest BCUT2D eigenvalue weighted by molar-refractivity contribution is -0.132. The first-order valence-electron chi connectivity index (χ1n) is 5.59. The van der Waals surface area contributed by atoms with Crippen molar-refractivity contribution in [1.82, 2.24) is 10.2 Å². The highest BCUT2D eigenvalue weighted by atomic mass is 16.2. The van der Waals surface area contributed by atoms with Gasteiger partial charge in [0, 0.05) is 27.1 Å². The van der Waals surface area contributed by atoms with Gasteiger partial charge in [0.25, 0.3) is 0 Å². The van der Waals surface area contributed by atoms with Crippen molar-refractivity contribution in [3.8, 4) is 0 Å². The third-order valence-electron chi connectivity index (χ3n) is 2.37. The first kappa shape index (κ1) is 14.9. The van der Waals surface area contributed by atoms with Crippen LogP contribution in [0.5, 0.6) is 0 Å². The van der Waals surface area contributed by atoms with Crippen molar-refractivity contribution in [2.45, 2.75) is 32.7 Å². The van der Waals surface area contributed by atoms with E-state index in [1.807, 2.05) is 13.8 Å². The van der Waals surface area contributed by atoms with Crippen LogP contribution in [-0.2, 0) is 9.59 Å². The first-order valence-corrected chi connectivity index (χ1v) is 5.59. The van der Waals surface area contributed by atoms with Crippen LogP contribution in [0.1, 0.15) is 26.7 Å². The molecule has 16 heavy (non-hydrogen) atoms. The lowest BCUT2D eigenvalue weighted by Crippen LogP contribution is -2.43. The normalized spacial score (nSPS) is 12.4. The Morgan fingerprint density at radius 3 is 2.38 bits per heavy atom. The Morgan fingerprint density at radius 2 is 1.94 bits per heavy atom. The summed E-state index contributed by atoms with van der Waals surface area (Å²) in [6.07, 6.45) is 0.982. The van der Waals surface area contributed by atoms with Gasteiger partial charge in [0.15, 0.2) is 0 Å². The number of hydrogen-bond donors (Lipinski definition) is 2. The number of rotatable bonds is 6. The summed E-state index contributed by atoms with van der Waals surface area (Å²) in [4.78, 5) is 24.3. The molecule has 5 nitrogen and oxygen atoms in total. The highest BCUT2D eigenvalue weighted by molar-refractivity contribution is 5.82. The van der Waals surface area contributed by atoms with E-state index in [4.69, 9.17) is 5.73 Å². The third kappa shape index (κ3) is 5.70. The van der Waals surface area contributed by atoms with Crippen LogP contribution in [0.15, 0.2) is 0 Å². The molecule has 0 saturated heterocycles. The van der Waals surface area contributed by atoms with Gasteiger partial charge in [-0.25, -0.2) is 0 Å². The van der Waals surface area contributed by atoms with Gasteiger partial charge in [-0.2, -0.15) is 0 Å². The molecule has 0 aliphatic rings. The fourth-order valence-corrected chi connectivity index (χ4v) is 1.40. The molecule has 2 amide bonds. The minimum atomic E-state index is -0.463. The smallest absolute Gasteiger partial charge is 0.239 e. The van der Waals surface area contributed by atoms with Crippen molar-refractivity contribution in [2.24, 2.45) is 11.7 Å². The lowest BCUT2D eigenvalue weighted by Gasteiger charge is -2.21. The number of hydrogen-bond acceptors (Lipinski definition) is 3. The maximum absolute atomic E-state index is 11.7. The van der Waals surface area contributed by atoms with E-state index in [0.29, 0.717) is 25.3 Å². The molecule has 0 unspecified atom stereocenters. The topological polar surface area (TPSA) is 75.4 Å². The molecule has 0 aromatic heterocycles. The van der Waals surface area contributed by atoms with Gasteiger partial charge < -0.3 is 16.0 Å². The molecule has 94 valence electrons. The molecular formula is C11H23N3O2. The number of amides is 2. The van der Waals surface area contributed by atoms with E-state index in [1.165, 1.54) is 4.90 Å². The van der Waals surface area contributed by atoms with E-state index in [1.54, 1.807) is 14.1 Å². The zero-order valence-corrected chi connectivity index (χ0v) is 10.6. The molecule has 3 N–H and O–H groups in total. The lowest BCUT2D eigenvalue weighted by atomic mass is 10.0. The molecule has 1 atom stereocenters. The van der Waals surface area contributed by atoms with Crippen molar-refractivity contribution in [2.75, 3.05) is 20.6 Å². The average molecular weight is 229 g/mol. The number of likely N-dealkylation sites (N-methyl/N-ethyl adjacent to an activating group) is 1. The predicted molar refractivity (Wildman–Crippen MR) is 63.8 cm³/mol. The van der Waals surface area contributed by atoms with Crippen molar-refractivity contribution in [3.05, 3.63) is 0 Å². The number of carbonyl (C=O) groups excluding carboxylic acids is 2. The quantitative estimate of drug-likeness (QED) is 0.671. The summed E-state index contributed by atoms with van der Waals surface area (Å²) < 4.78 is 0. The summed E-state index contributed by atoms with van der Waals surface area (Å²) >= 11 is 0. The maximum Gasteiger partial charge on any atom is 0.239 e. The maximum atomic E-state index is 11.7. The van der Waals surface area contributed by atoms with Crippen molar-refractivity contribution in [1.29, 1.82) is 0 Å². The SMILES string of the molecule is CNC(=O)CCN(C)C(=O)[C@@H](N)CC(C)C. The monoisotopic (exact) mass is 229 g/mol. The minimum Gasteiger partial charge on any atom is -0.359 e. The van der Waals surface area contributed by atoms with Crippen LogP contribution in [0, 0.1) is 5.92 Å². The summed E-state index contributed by atoms with van der Waals surface area (Å²) in [7, 11) is 3.25.